The van der Waals surface area contributed by atoms with Gasteiger partial charge < -0.3 is 5.32 Å². The Bertz CT molecular complexity index is 332. The summed E-state index contributed by atoms with van der Waals surface area (Å²) in [7, 11) is 0. The lowest BCUT2D eigenvalue weighted by Gasteiger charge is -2.06. The molecule has 0 saturated heterocycles. The highest BCUT2D eigenvalue weighted by Gasteiger charge is 2.25. The Labute approximate surface area is 119 Å². The van der Waals surface area contributed by atoms with E-state index in [1.165, 1.54) is 0 Å². The van der Waals surface area contributed by atoms with Crippen LogP contribution in [-0.2, 0) is 6.54 Å². The van der Waals surface area contributed by atoms with Crippen LogP contribution in [0.25, 0.3) is 0 Å². The van der Waals surface area contributed by atoms with E-state index in [4.69, 9.17) is 0 Å². The first-order valence-electron chi connectivity index (χ1n) is 5.09. The number of unbranched alkanes of at least 4 members (excludes halogenated alkanes) is 1. The molecule has 7 heteroatoms. The lowest BCUT2D eigenvalue weighted by atomic mass is 10.2. The molecule has 1 nitrogen and oxygen atoms in total. The highest BCUT2D eigenvalue weighted by molar-refractivity contribution is 9.13. The first-order chi connectivity index (χ1) is 7.88. The Morgan fingerprint density at radius 2 is 1.94 bits per heavy atom. The van der Waals surface area contributed by atoms with Gasteiger partial charge in [-0.2, -0.15) is 13.2 Å². The molecule has 0 saturated carbocycles. The maximum atomic E-state index is 11.8. The van der Waals surface area contributed by atoms with E-state index in [-0.39, 0.29) is 6.42 Å². The maximum absolute atomic E-state index is 11.8. The van der Waals surface area contributed by atoms with Crippen LogP contribution in [0.5, 0.6) is 0 Å². The molecule has 1 aromatic rings. The van der Waals surface area contributed by atoms with Gasteiger partial charge >= 0.3 is 6.18 Å². The lowest BCUT2D eigenvalue weighted by Crippen LogP contribution is -2.15. The fourth-order valence-corrected chi connectivity index (χ4v) is 3.41. The molecule has 1 aromatic heterocycles. The normalized spacial score (nSPS) is 12.1. The van der Waals surface area contributed by atoms with E-state index >= 15 is 0 Å². The van der Waals surface area contributed by atoms with Crippen molar-refractivity contribution in [1.29, 1.82) is 0 Å². The van der Waals surface area contributed by atoms with Crippen molar-refractivity contribution in [2.75, 3.05) is 6.54 Å². The molecule has 0 spiro atoms. The summed E-state index contributed by atoms with van der Waals surface area (Å²) in [4.78, 5) is 1.15. The molecule has 17 heavy (non-hydrogen) atoms. The average Bonchev–Trinajstić information content (AvgIpc) is 2.50. The van der Waals surface area contributed by atoms with Gasteiger partial charge in [-0.15, -0.1) is 11.3 Å². The topological polar surface area (TPSA) is 12.0 Å². The van der Waals surface area contributed by atoms with Gasteiger partial charge in [0.1, 0.15) is 0 Å². The molecule has 98 valence electrons. The third kappa shape index (κ3) is 6.79. The van der Waals surface area contributed by atoms with Gasteiger partial charge in [-0.25, -0.2) is 0 Å². The van der Waals surface area contributed by atoms with E-state index in [0.717, 1.165) is 13.1 Å². The first-order valence-corrected chi connectivity index (χ1v) is 7.50. The summed E-state index contributed by atoms with van der Waals surface area (Å²) in [6.45, 7) is 1.31. The number of hydrogen-bond acceptors (Lipinski definition) is 2. The molecule has 0 aliphatic heterocycles. The molecule has 1 rings (SSSR count). The minimum absolute atomic E-state index is 0.189. The van der Waals surface area contributed by atoms with Crippen molar-refractivity contribution in [2.24, 2.45) is 0 Å². The van der Waals surface area contributed by atoms with Gasteiger partial charge in [0.15, 0.2) is 0 Å². The third-order valence-corrected chi connectivity index (χ3v) is 5.32. The Hall–Kier alpha value is 0.410. The summed E-state index contributed by atoms with van der Waals surface area (Å²) in [5.74, 6) is 0. The van der Waals surface area contributed by atoms with Crippen LogP contribution in [0.1, 0.15) is 24.1 Å². The van der Waals surface area contributed by atoms with Crippen molar-refractivity contribution in [1.82, 2.24) is 5.32 Å². The van der Waals surface area contributed by atoms with Crippen LogP contribution in [0, 0.1) is 0 Å². The molecule has 0 aliphatic rings. The molecule has 0 aliphatic carbocycles. The van der Waals surface area contributed by atoms with Crippen LogP contribution in [0.2, 0.25) is 0 Å². The van der Waals surface area contributed by atoms with Crippen LogP contribution in [0.4, 0.5) is 13.2 Å². The molecule has 1 N–H and O–H groups in total. The summed E-state index contributed by atoms with van der Waals surface area (Å²) in [5.41, 5.74) is 0. The second-order valence-corrected chi connectivity index (χ2v) is 6.89. The van der Waals surface area contributed by atoms with Crippen molar-refractivity contribution in [2.45, 2.75) is 32.0 Å². The second-order valence-electron chi connectivity index (χ2n) is 3.58. The lowest BCUT2D eigenvalue weighted by molar-refractivity contribution is -0.135. The monoisotopic (exact) mass is 393 g/mol. The molecule has 0 bridgehead atoms. The number of nitrogens with one attached hydrogen (secondary N) is 1. The SMILES string of the molecule is FC(F)(F)CCCCNCc1cc(Br)c(Br)s1. The Balaban J connectivity index is 2.09. The molecule has 0 aromatic carbocycles. The van der Waals surface area contributed by atoms with Gasteiger partial charge in [-0.3, -0.25) is 0 Å². The van der Waals surface area contributed by atoms with E-state index in [1.54, 1.807) is 11.3 Å². The molecular formula is C10H12Br2F3NS. The summed E-state index contributed by atoms with van der Waals surface area (Å²) in [6, 6.07) is 2.00. The van der Waals surface area contributed by atoms with Gasteiger partial charge in [0.05, 0.1) is 3.79 Å². The largest absolute Gasteiger partial charge is 0.389 e. The van der Waals surface area contributed by atoms with Crippen LogP contribution >= 0.6 is 43.2 Å². The van der Waals surface area contributed by atoms with Crippen LogP contribution < -0.4 is 5.32 Å². The zero-order valence-electron chi connectivity index (χ0n) is 8.91. The predicted molar refractivity (Wildman–Crippen MR) is 71.3 cm³/mol. The van der Waals surface area contributed by atoms with Crippen LogP contribution in [0.3, 0.4) is 0 Å². The van der Waals surface area contributed by atoms with Crippen LogP contribution in [0.15, 0.2) is 14.3 Å². The van der Waals surface area contributed by atoms with Crippen molar-refractivity contribution >= 4 is 43.2 Å². The predicted octanol–water partition coefficient (Wildman–Crippen LogP) is 5.10. The number of halogens is 5. The third-order valence-electron chi connectivity index (χ3n) is 2.06. The van der Waals surface area contributed by atoms with E-state index in [1.807, 2.05) is 6.07 Å². The number of alkyl halides is 3. The second kappa shape index (κ2) is 7.11. The molecule has 0 amide bonds. The first kappa shape index (κ1) is 15.5. The number of hydrogen-bond donors (Lipinski definition) is 1. The van der Waals surface area contributed by atoms with E-state index in [0.29, 0.717) is 19.5 Å². The Morgan fingerprint density at radius 3 is 2.47 bits per heavy atom. The van der Waals surface area contributed by atoms with E-state index in [2.05, 4.69) is 37.2 Å². The smallest absolute Gasteiger partial charge is 0.312 e. The molecule has 0 unspecified atom stereocenters. The van der Waals surface area contributed by atoms with Gasteiger partial charge in [0.2, 0.25) is 0 Å². The van der Waals surface area contributed by atoms with Crippen LogP contribution in [-0.4, -0.2) is 12.7 Å². The highest BCUT2D eigenvalue weighted by atomic mass is 79.9. The molecular weight excluding hydrogens is 383 g/mol. The fourth-order valence-electron chi connectivity index (χ4n) is 1.27. The maximum Gasteiger partial charge on any atom is 0.389 e. The Morgan fingerprint density at radius 1 is 1.24 bits per heavy atom. The van der Waals surface area contributed by atoms with E-state index in [9.17, 15) is 13.2 Å². The quantitative estimate of drug-likeness (QED) is 0.662. The van der Waals surface area contributed by atoms with Crippen molar-refractivity contribution < 1.29 is 13.2 Å². The van der Waals surface area contributed by atoms with Gasteiger partial charge in [0.25, 0.3) is 0 Å². The summed E-state index contributed by atoms with van der Waals surface area (Å²) in [6.07, 6.45) is -3.98. The van der Waals surface area contributed by atoms with Crippen molar-refractivity contribution in [3.8, 4) is 0 Å². The van der Waals surface area contributed by atoms with E-state index < -0.39 is 12.6 Å². The molecule has 0 fully saturated rings. The summed E-state index contributed by atoms with van der Waals surface area (Å²) >= 11 is 8.38. The number of thiophene rings is 1. The summed E-state index contributed by atoms with van der Waals surface area (Å²) < 4.78 is 37.6. The minimum atomic E-state index is -4.02. The summed E-state index contributed by atoms with van der Waals surface area (Å²) in [5, 5.41) is 3.13. The number of rotatable bonds is 6. The standard InChI is InChI=1S/C10H12Br2F3NS/c11-8-5-7(17-9(8)12)6-16-4-2-1-3-10(13,14)15/h5,16H,1-4,6H2. The Kier molecular flexibility index (Phi) is 6.47. The van der Waals surface area contributed by atoms with Gasteiger partial charge in [-0.05, 0) is 57.3 Å². The molecule has 0 radical (unpaired) electrons. The fraction of sp³-hybridized carbons (Fsp3) is 0.600. The van der Waals surface area contributed by atoms with Gasteiger partial charge in [0, 0.05) is 22.3 Å². The van der Waals surface area contributed by atoms with Crippen molar-refractivity contribution in [3.05, 3.63) is 19.2 Å². The van der Waals surface area contributed by atoms with Crippen molar-refractivity contribution in [3.63, 3.8) is 0 Å². The highest BCUT2D eigenvalue weighted by Crippen LogP contribution is 2.32. The zero-order chi connectivity index (χ0) is 12.9. The average molecular weight is 395 g/mol. The minimum Gasteiger partial charge on any atom is -0.312 e. The molecule has 0 atom stereocenters. The zero-order valence-corrected chi connectivity index (χ0v) is 12.9. The molecule has 1 heterocycles. The van der Waals surface area contributed by atoms with Gasteiger partial charge in [-0.1, -0.05) is 0 Å².